The minimum Gasteiger partial charge on any atom is -0.469 e. The third-order valence-corrected chi connectivity index (χ3v) is 5.46. The molecule has 1 unspecified atom stereocenters. The highest BCUT2D eigenvalue weighted by Gasteiger charge is 2.33. The average Bonchev–Trinajstić information content (AvgIpc) is 3.14. The number of amides is 1. The van der Waals surface area contributed by atoms with Gasteiger partial charge in [-0.25, -0.2) is 9.79 Å². The number of hydrogen-bond acceptors (Lipinski definition) is 5. The first-order valence-electron chi connectivity index (χ1n) is 10.5. The minimum atomic E-state index is -0.508. The molecule has 1 atom stereocenters. The summed E-state index contributed by atoms with van der Waals surface area (Å²) in [6.45, 7) is 7.53. The highest BCUT2D eigenvalue weighted by atomic mass is 32.1. The summed E-state index contributed by atoms with van der Waals surface area (Å²) in [5.41, 5.74) is -0.508. The number of rotatable bonds is 9. The van der Waals surface area contributed by atoms with Gasteiger partial charge in [0, 0.05) is 24.4 Å². The van der Waals surface area contributed by atoms with Crippen LogP contribution < -0.4 is 16.0 Å². The van der Waals surface area contributed by atoms with Crippen LogP contribution >= 0.6 is 11.3 Å². The summed E-state index contributed by atoms with van der Waals surface area (Å²) >= 11 is 1.69. The van der Waals surface area contributed by atoms with Crippen molar-refractivity contribution in [3.8, 4) is 0 Å². The molecule has 2 aromatic heterocycles. The van der Waals surface area contributed by atoms with Gasteiger partial charge in [0.1, 0.15) is 11.4 Å². The van der Waals surface area contributed by atoms with Crippen molar-refractivity contribution in [3.05, 3.63) is 46.5 Å². The van der Waals surface area contributed by atoms with Gasteiger partial charge < -0.3 is 25.1 Å². The lowest BCUT2D eigenvalue weighted by atomic mass is 10.2. The lowest BCUT2D eigenvalue weighted by Gasteiger charge is -2.24. The molecule has 1 aliphatic carbocycles. The second-order valence-corrected chi connectivity index (χ2v) is 9.50. The molecule has 0 aromatic carbocycles. The monoisotopic (exact) mass is 432 g/mol. The van der Waals surface area contributed by atoms with Crippen molar-refractivity contribution in [1.29, 1.82) is 0 Å². The number of furan rings is 1. The second-order valence-electron chi connectivity index (χ2n) is 8.47. The van der Waals surface area contributed by atoms with Gasteiger partial charge in [-0.1, -0.05) is 6.07 Å². The number of carbonyl (C=O) groups is 1. The molecule has 3 rings (SSSR count). The Bertz CT molecular complexity index is 793. The van der Waals surface area contributed by atoms with E-state index in [4.69, 9.17) is 14.1 Å². The topological polar surface area (TPSA) is 87.9 Å². The van der Waals surface area contributed by atoms with E-state index in [-0.39, 0.29) is 12.1 Å². The molecule has 30 heavy (non-hydrogen) atoms. The Morgan fingerprint density at radius 1 is 1.30 bits per heavy atom. The Morgan fingerprint density at radius 2 is 2.13 bits per heavy atom. The maximum atomic E-state index is 12.2. The van der Waals surface area contributed by atoms with Crippen molar-refractivity contribution in [1.82, 2.24) is 16.0 Å². The van der Waals surface area contributed by atoms with Gasteiger partial charge in [-0.05, 0) is 63.1 Å². The molecule has 0 aliphatic heterocycles. The van der Waals surface area contributed by atoms with Gasteiger partial charge in [0.25, 0.3) is 0 Å². The third-order valence-electron chi connectivity index (χ3n) is 4.60. The number of guanidine groups is 1. The van der Waals surface area contributed by atoms with Crippen LogP contribution in [-0.2, 0) is 17.7 Å². The fraction of sp³-hybridized carbons (Fsp3) is 0.545. The smallest absolute Gasteiger partial charge is 0.407 e. The number of hydrogen-bond donors (Lipinski definition) is 3. The second kappa shape index (κ2) is 10.5. The van der Waals surface area contributed by atoms with Gasteiger partial charge in [-0.3, -0.25) is 0 Å². The van der Waals surface area contributed by atoms with E-state index in [1.807, 2.05) is 39.0 Å². The first-order valence-corrected chi connectivity index (χ1v) is 11.3. The standard InChI is InChI=1S/C22H32N4O3S/c1-22(2,3)29-21(27)26-19(16-8-9-16)15-25-20(24-14-18-7-5-13-30-18)23-11-10-17-6-4-12-28-17/h4-7,12-13,16,19H,8-11,14-15H2,1-3H3,(H,26,27)(H2,23,24,25). The van der Waals surface area contributed by atoms with E-state index in [2.05, 4.69) is 27.4 Å². The summed E-state index contributed by atoms with van der Waals surface area (Å²) in [6, 6.07) is 7.97. The summed E-state index contributed by atoms with van der Waals surface area (Å²) in [6.07, 6.45) is 4.33. The van der Waals surface area contributed by atoms with Gasteiger partial charge in [0.15, 0.2) is 5.96 Å². The summed E-state index contributed by atoms with van der Waals surface area (Å²) in [5.74, 6) is 2.14. The van der Waals surface area contributed by atoms with Crippen LogP contribution in [0.5, 0.6) is 0 Å². The van der Waals surface area contributed by atoms with E-state index in [9.17, 15) is 4.79 Å². The molecular formula is C22H32N4O3S. The molecule has 164 valence electrons. The number of nitrogens with one attached hydrogen (secondary N) is 3. The molecule has 1 fully saturated rings. The van der Waals surface area contributed by atoms with Crippen molar-refractivity contribution < 1.29 is 13.9 Å². The molecule has 1 amide bonds. The molecule has 2 heterocycles. The van der Waals surface area contributed by atoms with Crippen LogP contribution in [0.1, 0.15) is 44.3 Å². The first-order chi connectivity index (χ1) is 14.4. The molecule has 7 nitrogen and oxygen atoms in total. The van der Waals surface area contributed by atoms with Crippen molar-refractivity contribution in [2.45, 2.75) is 58.2 Å². The Balaban J connectivity index is 1.54. The van der Waals surface area contributed by atoms with E-state index >= 15 is 0 Å². The summed E-state index contributed by atoms with van der Waals surface area (Å²) in [4.78, 5) is 18.1. The minimum absolute atomic E-state index is 0.0126. The summed E-state index contributed by atoms with van der Waals surface area (Å²) < 4.78 is 10.8. The van der Waals surface area contributed by atoms with E-state index in [0.29, 0.717) is 25.6 Å². The largest absolute Gasteiger partial charge is 0.469 e. The van der Waals surface area contributed by atoms with Gasteiger partial charge in [0.2, 0.25) is 0 Å². The number of aliphatic imine (C=N–C) groups is 1. The molecule has 0 spiro atoms. The van der Waals surface area contributed by atoms with Crippen LogP contribution in [0, 0.1) is 5.92 Å². The predicted molar refractivity (Wildman–Crippen MR) is 120 cm³/mol. The quantitative estimate of drug-likeness (QED) is 0.413. The first kappa shape index (κ1) is 22.2. The fourth-order valence-corrected chi connectivity index (χ4v) is 3.62. The van der Waals surface area contributed by atoms with Crippen molar-refractivity contribution >= 4 is 23.4 Å². The SMILES string of the molecule is CC(C)(C)OC(=O)NC(CNC(=NCc1cccs1)NCCc1ccco1)C1CC1. The molecule has 2 aromatic rings. The number of nitrogens with zero attached hydrogens (tertiary/aromatic N) is 1. The number of carbonyl (C=O) groups excluding carboxylic acids is 1. The van der Waals surface area contributed by atoms with Crippen LogP contribution in [0.2, 0.25) is 0 Å². The molecule has 0 saturated heterocycles. The Hall–Kier alpha value is -2.48. The van der Waals surface area contributed by atoms with Gasteiger partial charge in [-0.15, -0.1) is 11.3 Å². The molecule has 1 aliphatic rings. The van der Waals surface area contributed by atoms with Crippen molar-refractivity contribution in [2.24, 2.45) is 10.9 Å². The average molecular weight is 433 g/mol. The zero-order chi connectivity index (χ0) is 21.4. The van der Waals surface area contributed by atoms with Crippen molar-refractivity contribution in [2.75, 3.05) is 13.1 Å². The molecule has 0 radical (unpaired) electrons. The lowest BCUT2D eigenvalue weighted by Crippen LogP contribution is -2.49. The zero-order valence-corrected chi connectivity index (χ0v) is 18.8. The molecule has 1 saturated carbocycles. The van der Waals surface area contributed by atoms with Crippen LogP contribution in [0.15, 0.2) is 45.3 Å². The lowest BCUT2D eigenvalue weighted by molar-refractivity contribution is 0.0498. The number of alkyl carbamates (subject to hydrolysis) is 1. The molecule has 0 bridgehead atoms. The van der Waals surface area contributed by atoms with E-state index in [1.165, 1.54) is 4.88 Å². The summed E-state index contributed by atoms with van der Waals surface area (Å²) in [5, 5.41) is 11.8. The highest BCUT2D eigenvalue weighted by molar-refractivity contribution is 7.09. The van der Waals surface area contributed by atoms with E-state index < -0.39 is 5.60 Å². The molecule has 3 N–H and O–H groups in total. The number of ether oxygens (including phenoxy) is 1. The van der Waals surface area contributed by atoms with Crippen molar-refractivity contribution in [3.63, 3.8) is 0 Å². The van der Waals surface area contributed by atoms with Crippen LogP contribution in [0.3, 0.4) is 0 Å². The van der Waals surface area contributed by atoms with Crippen LogP contribution in [0.4, 0.5) is 4.79 Å². The molecular weight excluding hydrogens is 400 g/mol. The third kappa shape index (κ3) is 8.10. The summed E-state index contributed by atoms with van der Waals surface area (Å²) in [7, 11) is 0. The number of thiophene rings is 1. The van der Waals surface area contributed by atoms with E-state index in [1.54, 1.807) is 17.6 Å². The van der Waals surface area contributed by atoms with E-state index in [0.717, 1.165) is 31.0 Å². The zero-order valence-electron chi connectivity index (χ0n) is 17.9. The Morgan fingerprint density at radius 3 is 2.77 bits per heavy atom. The maximum Gasteiger partial charge on any atom is 0.407 e. The maximum absolute atomic E-state index is 12.2. The van der Waals surface area contributed by atoms with Gasteiger partial charge >= 0.3 is 6.09 Å². The van der Waals surface area contributed by atoms with Crippen LogP contribution in [0.25, 0.3) is 0 Å². The van der Waals surface area contributed by atoms with Crippen LogP contribution in [-0.4, -0.2) is 36.8 Å². The normalized spacial score (nSPS) is 15.5. The van der Waals surface area contributed by atoms with Gasteiger partial charge in [0.05, 0.1) is 18.8 Å². The Kier molecular flexibility index (Phi) is 7.79. The Labute approximate surface area is 182 Å². The van der Waals surface area contributed by atoms with Gasteiger partial charge in [-0.2, -0.15) is 0 Å². The fourth-order valence-electron chi connectivity index (χ4n) is 2.99. The highest BCUT2D eigenvalue weighted by Crippen LogP contribution is 2.32. The predicted octanol–water partition coefficient (Wildman–Crippen LogP) is 3.92. The molecule has 8 heteroatoms.